The van der Waals surface area contributed by atoms with Gasteiger partial charge in [-0.2, -0.15) is 0 Å². The van der Waals surface area contributed by atoms with Crippen LogP contribution >= 0.6 is 0 Å². The number of hydrogen-bond donors (Lipinski definition) is 1. The van der Waals surface area contributed by atoms with Gasteiger partial charge in [0.05, 0.1) is 12.0 Å². The molecule has 2 rings (SSSR count). The van der Waals surface area contributed by atoms with Gasteiger partial charge in [0.2, 0.25) is 0 Å². The van der Waals surface area contributed by atoms with E-state index in [2.05, 4.69) is 12.2 Å². The first kappa shape index (κ1) is 23.4. The van der Waals surface area contributed by atoms with Crippen molar-refractivity contribution in [2.24, 2.45) is 0 Å². The van der Waals surface area contributed by atoms with Crippen molar-refractivity contribution >= 4 is 22.8 Å². The number of hydrogen-bond acceptors (Lipinski definition) is 6. The van der Waals surface area contributed by atoms with Crippen LogP contribution in [0.15, 0.2) is 27.4 Å². The number of aryl methyl sites for hydroxylation is 1. The quantitative estimate of drug-likeness (QED) is 0.421. The minimum absolute atomic E-state index is 0.287. The zero-order valence-corrected chi connectivity index (χ0v) is 17.9. The molecule has 2 aromatic rings. The van der Waals surface area contributed by atoms with E-state index in [1.807, 2.05) is 13.8 Å². The lowest BCUT2D eigenvalue weighted by atomic mass is 10.0. The zero-order valence-electron chi connectivity index (χ0n) is 17.9. The van der Waals surface area contributed by atoms with Crippen molar-refractivity contribution in [1.29, 1.82) is 0 Å². The number of carboxylic acid groups (broad SMARTS) is 1. The van der Waals surface area contributed by atoms with E-state index < -0.39 is 17.9 Å². The Morgan fingerprint density at radius 3 is 2.60 bits per heavy atom. The van der Waals surface area contributed by atoms with Crippen molar-refractivity contribution in [3.63, 3.8) is 0 Å². The van der Waals surface area contributed by atoms with E-state index in [0.29, 0.717) is 29.7 Å². The number of rotatable bonds is 12. The van der Waals surface area contributed by atoms with Crippen LogP contribution in [0.3, 0.4) is 0 Å². The van der Waals surface area contributed by atoms with Crippen molar-refractivity contribution < 1.29 is 23.8 Å². The van der Waals surface area contributed by atoms with Crippen LogP contribution in [0.1, 0.15) is 63.5 Å². The summed E-state index contributed by atoms with van der Waals surface area (Å²) < 4.78 is 10.9. The molecule has 0 radical (unpaired) electrons. The van der Waals surface area contributed by atoms with Gasteiger partial charge in [-0.3, -0.25) is 4.79 Å². The molecule has 0 aliphatic rings. The highest BCUT2D eigenvalue weighted by Crippen LogP contribution is 2.25. The molecule has 0 fully saturated rings. The van der Waals surface area contributed by atoms with Crippen molar-refractivity contribution in [1.82, 2.24) is 5.32 Å². The smallest absolute Gasteiger partial charge is 0.339 e. The highest BCUT2D eigenvalue weighted by atomic mass is 16.5. The predicted octanol–water partition coefficient (Wildman–Crippen LogP) is 2.64. The second-order valence-corrected chi connectivity index (χ2v) is 7.48. The second-order valence-electron chi connectivity index (χ2n) is 7.48. The molecular weight excluding hydrogens is 386 g/mol. The lowest BCUT2D eigenvalue weighted by Gasteiger charge is -2.19. The van der Waals surface area contributed by atoms with Gasteiger partial charge in [-0.1, -0.05) is 39.5 Å². The first-order chi connectivity index (χ1) is 14.4. The predicted molar refractivity (Wildman–Crippen MR) is 112 cm³/mol. The van der Waals surface area contributed by atoms with E-state index in [-0.39, 0.29) is 18.7 Å². The SMILES string of the molecule is CCCCCCc1c(C)c2ccc(OCC(=O)N[C@H](CCC)C(=O)[O-])cc2oc1=O. The fraction of sp³-hybridized carbons (Fsp3) is 0.522. The summed E-state index contributed by atoms with van der Waals surface area (Å²) >= 11 is 0. The minimum Gasteiger partial charge on any atom is -0.548 e. The number of ether oxygens (including phenoxy) is 1. The Kier molecular flexibility index (Phi) is 8.89. The molecule has 0 unspecified atom stereocenters. The molecule has 7 heteroatoms. The molecule has 1 aromatic heterocycles. The fourth-order valence-electron chi connectivity index (χ4n) is 3.40. The molecule has 0 saturated carbocycles. The van der Waals surface area contributed by atoms with Gasteiger partial charge in [-0.05, 0) is 43.9 Å². The van der Waals surface area contributed by atoms with Crippen LogP contribution < -0.4 is 20.8 Å². The summed E-state index contributed by atoms with van der Waals surface area (Å²) in [6.07, 6.45) is 5.90. The van der Waals surface area contributed by atoms with Gasteiger partial charge in [0.15, 0.2) is 6.61 Å². The maximum Gasteiger partial charge on any atom is 0.339 e. The highest BCUT2D eigenvalue weighted by molar-refractivity contribution is 5.84. The van der Waals surface area contributed by atoms with Crippen LogP contribution in [-0.2, 0) is 16.0 Å². The molecule has 1 amide bonds. The molecule has 0 bridgehead atoms. The van der Waals surface area contributed by atoms with Crippen LogP contribution in [0.2, 0.25) is 0 Å². The van der Waals surface area contributed by atoms with Gasteiger partial charge in [-0.25, -0.2) is 4.79 Å². The lowest BCUT2D eigenvalue weighted by molar-refractivity contribution is -0.308. The third kappa shape index (κ3) is 6.34. The summed E-state index contributed by atoms with van der Waals surface area (Å²) in [4.78, 5) is 35.4. The van der Waals surface area contributed by atoms with Crippen LogP contribution in [0.4, 0.5) is 0 Å². The number of fused-ring (bicyclic) bond motifs is 1. The number of nitrogens with one attached hydrogen (secondary N) is 1. The van der Waals surface area contributed by atoms with E-state index in [0.717, 1.165) is 36.6 Å². The second kappa shape index (κ2) is 11.4. The molecule has 0 aliphatic heterocycles. The van der Waals surface area contributed by atoms with Gasteiger partial charge in [0.25, 0.3) is 5.91 Å². The molecule has 0 saturated heterocycles. The molecule has 164 valence electrons. The molecule has 0 spiro atoms. The standard InChI is InChI=1S/C23H31NO6/c1-4-6-7-8-10-18-15(3)17-12-11-16(13-20(17)30-23(18)28)29-14-21(25)24-19(9-5-2)22(26)27/h11-13,19H,4-10,14H2,1-3H3,(H,24,25)(H,26,27)/p-1/t19-/m1/s1. The molecule has 0 aliphatic carbocycles. The van der Waals surface area contributed by atoms with E-state index in [4.69, 9.17) is 9.15 Å². The summed E-state index contributed by atoms with van der Waals surface area (Å²) in [5, 5.41) is 14.2. The topological polar surface area (TPSA) is 109 Å². The summed E-state index contributed by atoms with van der Waals surface area (Å²) in [6, 6.07) is 4.03. The largest absolute Gasteiger partial charge is 0.548 e. The summed E-state index contributed by atoms with van der Waals surface area (Å²) in [5.74, 6) is -1.52. The third-order valence-corrected chi connectivity index (χ3v) is 5.11. The third-order valence-electron chi connectivity index (χ3n) is 5.11. The van der Waals surface area contributed by atoms with Crippen molar-refractivity contribution in [3.8, 4) is 5.75 Å². The van der Waals surface area contributed by atoms with Gasteiger partial charge < -0.3 is 24.4 Å². The minimum atomic E-state index is -1.32. The van der Waals surface area contributed by atoms with E-state index in [1.165, 1.54) is 0 Å². The van der Waals surface area contributed by atoms with E-state index in [9.17, 15) is 19.5 Å². The van der Waals surface area contributed by atoms with Gasteiger partial charge in [0.1, 0.15) is 11.3 Å². The lowest BCUT2D eigenvalue weighted by Crippen LogP contribution is -2.49. The van der Waals surface area contributed by atoms with E-state index >= 15 is 0 Å². The van der Waals surface area contributed by atoms with Crippen LogP contribution in [-0.4, -0.2) is 24.5 Å². The molecule has 1 heterocycles. The van der Waals surface area contributed by atoms with Crippen molar-refractivity contribution in [2.75, 3.05) is 6.61 Å². The fourth-order valence-corrected chi connectivity index (χ4v) is 3.40. The number of carbonyl (C=O) groups excluding carboxylic acids is 2. The number of carbonyl (C=O) groups is 2. The normalized spacial score (nSPS) is 12.0. The summed E-state index contributed by atoms with van der Waals surface area (Å²) in [6.45, 7) is 5.53. The Hall–Kier alpha value is -2.83. The number of aliphatic carboxylic acids is 1. The molecule has 7 nitrogen and oxygen atoms in total. The van der Waals surface area contributed by atoms with Crippen LogP contribution in [0, 0.1) is 6.92 Å². The summed E-state index contributed by atoms with van der Waals surface area (Å²) in [7, 11) is 0. The van der Waals surface area contributed by atoms with Gasteiger partial charge >= 0.3 is 5.63 Å². The van der Waals surface area contributed by atoms with Crippen molar-refractivity contribution in [3.05, 3.63) is 39.7 Å². The average Bonchev–Trinajstić information content (AvgIpc) is 2.71. The van der Waals surface area contributed by atoms with Gasteiger partial charge in [-0.15, -0.1) is 0 Å². The Bertz CT molecular complexity index is 933. The Morgan fingerprint density at radius 2 is 1.93 bits per heavy atom. The van der Waals surface area contributed by atoms with E-state index in [1.54, 1.807) is 18.2 Å². The Balaban J connectivity index is 2.07. The first-order valence-corrected chi connectivity index (χ1v) is 10.6. The first-order valence-electron chi connectivity index (χ1n) is 10.6. The molecule has 30 heavy (non-hydrogen) atoms. The number of carboxylic acids is 1. The maximum atomic E-state index is 12.4. The molecular formula is C23H30NO6-. The molecule has 1 N–H and O–H groups in total. The van der Waals surface area contributed by atoms with Crippen LogP contribution in [0.25, 0.3) is 11.0 Å². The molecule has 1 aromatic carbocycles. The maximum absolute atomic E-state index is 12.4. The Morgan fingerprint density at radius 1 is 1.17 bits per heavy atom. The van der Waals surface area contributed by atoms with Gasteiger partial charge in [0, 0.05) is 17.0 Å². The van der Waals surface area contributed by atoms with Crippen LogP contribution in [0.5, 0.6) is 5.75 Å². The summed E-state index contributed by atoms with van der Waals surface area (Å²) in [5.41, 5.74) is 1.66. The number of benzene rings is 1. The average molecular weight is 416 g/mol. The monoisotopic (exact) mass is 416 g/mol. The molecule has 1 atom stereocenters. The zero-order chi connectivity index (χ0) is 22.1. The number of unbranched alkanes of at least 4 members (excludes halogenated alkanes) is 3. The van der Waals surface area contributed by atoms with Crippen molar-refractivity contribution in [2.45, 2.75) is 71.8 Å². The number of amides is 1. The Labute approximate surface area is 176 Å². The highest BCUT2D eigenvalue weighted by Gasteiger charge is 2.14.